The van der Waals surface area contributed by atoms with E-state index < -0.39 is 0 Å². The van der Waals surface area contributed by atoms with E-state index in [1.54, 1.807) is 6.07 Å². The van der Waals surface area contributed by atoms with Gasteiger partial charge in [0.15, 0.2) is 0 Å². The van der Waals surface area contributed by atoms with E-state index in [-0.39, 0.29) is 5.82 Å². The first kappa shape index (κ1) is 10.9. The summed E-state index contributed by atoms with van der Waals surface area (Å²) >= 11 is 0. The minimum Gasteiger partial charge on any atom is -0.207 e. The van der Waals surface area contributed by atoms with Crippen LogP contribution < -0.4 is 0 Å². The van der Waals surface area contributed by atoms with Crippen LogP contribution in [-0.2, 0) is 0 Å². The molecule has 0 heterocycles. The van der Waals surface area contributed by atoms with Gasteiger partial charge < -0.3 is 0 Å². The van der Waals surface area contributed by atoms with Crippen molar-refractivity contribution >= 4 is 0 Å². The predicted molar refractivity (Wildman–Crippen MR) is 66.0 cm³/mol. The van der Waals surface area contributed by atoms with Gasteiger partial charge in [-0.25, -0.2) is 4.39 Å². The van der Waals surface area contributed by atoms with Crippen LogP contribution in [0.15, 0.2) is 36.4 Å². The van der Waals surface area contributed by atoms with Crippen LogP contribution in [-0.4, -0.2) is 0 Å². The van der Waals surface area contributed by atoms with Crippen molar-refractivity contribution in [3.05, 3.63) is 58.9 Å². The first-order valence-corrected chi connectivity index (χ1v) is 5.42. The van der Waals surface area contributed by atoms with Gasteiger partial charge in [-0.15, -0.1) is 0 Å². The molecule has 0 radical (unpaired) electrons. The lowest BCUT2D eigenvalue weighted by atomic mass is 9.97. The first-order chi connectivity index (χ1) is 7.58. The van der Waals surface area contributed by atoms with Crippen LogP contribution in [0.3, 0.4) is 0 Å². The highest BCUT2D eigenvalue weighted by Crippen LogP contribution is 2.25. The van der Waals surface area contributed by atoms with Crippen molar-refractivity contribution in [2.45, 2.75) is 20.8 Å². The predicted octanol–water partition coefficient (Wildman–Crippen LogP) is 4.42. The lowest BCUT2D eigenvalue weighted by Crippen LogP contribution is -1.87. The second kappa shape index (κ2) is 4.09. The molecule has 0 aromatic heterocycles. The summed E-state index contributed by atoms with van der Waals surface area (Å²) in [5.41, 5.74) is 5.78. The molecule has 0 N–H and O–H groups in total. The van der Waals surface area contributed by atoms with Gasteiger partial charge >= 0.3 is 0 Å². The molecule has 0 spiro atoms. The highest BCUT2D eigenvalue weighted by Gasteiger charge is 2.04. The van der Waals surface area contributed by atoms with E-state index in [2.05, 4.69) is 32.0 Å². The number of hydrogen-bond acceptors (Lipinski definition) is 0. The second-order valence-electron chi connectivity index (χ2n) is 4.26. The van der Waals surface area contributed by atoms with Crippen LogP contribution >= 0.6 is 0 Å². The Morgan fingerprint density at radius 3 is 2.12 bits per heavy atom. The minimum absolute atomic E-state index is 0.176. The Bertz CT molecular complexity index is 527. The molecule has 2 aromatic carbocycles. The van der Waals surface area contributed by atoms with Gasteiger partial charge in [0.05, 0.1) is 0 Å². The minimum atomic E-state index is -0.176. The third-order valence-electron chi connectivity index (χ3n) is 3.01. The van der Waals surface area contributed by atoms with E-state index >= 15 is 0 Å². The monoisotopic (exact) mass is 214 g/mol. The van der Waals surface area contributed by atoms with Crippen molar-refractivity contribution in [3.8, 4) is 11.1 Å². The topological polar surface area (TPSA) is 0 Å². The average Bonchev–Trinajstić information content (AvgIpc) is 2.22. The Hall–Kier alpha value is -1.63. The summed E-state index contributed by atoms with van der Waals surface area (Å²) in [5, 5.41) is 0. The summed E-state index contributed by atoms with van der Waals surface area (Å²) in [6.45, 7) is 6.13. The largest absolute Gasteiger partial charge is 0.207 e. The fourth-order valence-electron chi connectivity index (χ4n) is 1.86. The molecule has 0 aliphatic heterocycles. The molecule has 16 heavy (non-hydrogen) atoms. The molecule has 1 heteroatoms. The molecule has 0 saturated heterocycles. The van der Waals surface area contributed by atoms with Crippen LogP contribution in [0, 0.1) is 26.6 Å². The Morgan fingerprint density at radius 2 is 1.50 bits per heavy atom. The molecule has 0 unspecified atom stereocenters. The fourth-order valence-corrected chi connectivity index (χ4v) is 1.86. The molecule has 0 aliphatic rings. The molecule has 0 bridgehead atoms. The van der Waals surface area contributed by atoms with Gasteiger partial charge in [0.1, 0.15) is 5.82 Å². The number of halogens is 1. The number of aryl methyl sites for hydroxylation is 3. The van der Waals surface area contributed by atoms with Gasteiger partial charge in [-0.3, -0.25) is 0 Å². The van der Waals surface area contributed by atoms with E-state index in [9.17, 15) is 4.39 Å². The summed E-state index contributed by atoms with van der Waals surface area (Å²) < 4.78 is 13.0. The van der Waals surface area contributed by atoms with Gasteiger partial charge in [-0.2, -0.15) is 0 Å². The number of rotatable bonds is 1. The summed E-state index contributed by atoms with van der Waals surface area (Å²) in [5.74, 6) is -0.176. The van der Waals surface area contributed by atoms with Crippen LogP contribution in [0.1, 0.15) is 16.7 Å². The average molecular weight is 214 g/mol. The quantitative estimate of drug-likeness (QED) is 0.659. The highest BCUT2D eigenvalue weighted by molar-refractivity contribution is 5.68. The zero-order chi connectivity index (χ0) is 11.7. The lowest BCUT2D eigenvalue weighted by molar-refractivity contribution is 0.627. The molecule has 0 nitrogen and oxygen atoms in total. The van der Waals surface area contributed by atoms with Crippen molar-refractivity contribution in [2.24, 2.45) is 0 Å². The summed E-state index contributed by atoms with van der Waals surface area (Å²) in [6.07, 6.45) is 0. The van der Waals surface area contributed by atoms with Gasteiger partial charge in [-0.05, 0) is 60.7 Å². The molecule has 2 aromatic rings. The maximum atomic E-state index is 13.0. The molecular formula is C15H15F. The third-order valence-corrected chi connectivity index (χ3v) is 3.01. The van der Waals surface area contributed by atoms with Crippen molar-refractivity contribution < 1.29 is 4.39 Å². The summed E-state index contributed by atoms with van der Waals surface area (Å²) in [6, 6.07) is 11.3. The molecule has 0 amide bonds. The Morgan fingerprint density at radius 1 is 0.750 bits per heavy atom. The molecule has 0 atom stereocenters. The highest BCUT2D eigenvalue weighted by atomic mass is 19.1. The second-order valence-corrected chi connectivity index (χ2v) is 4.26. The zero-order valence-corrected chi connectivity index (χ0v) is 9.84. The maximum absolute atomic E-state index is 13.0. The normalized spacial score (nSPS) is 10.5. The van der Waals surface area contributed by atoms with Crippen LogP contribution in [0.2, 0.25) is 0 Å². The van der Waals surface area contributed by atoms with Crippen LogP contribution in [0.5, 0.6) is 0 Å². The zero-order valence-electron chi connectivity index (χ0n) is 9.84. The maximum Gasteiger partial charge on any atom is 0.123 e. The summed E-state index contributed by atoms with van der Waals surface area (Å²) in [4.78, 5) is 0. The van der Waals surface area contributed by atoms with E-state index in [1.165, 1.54) is 17.2 Å². The molecular weight excluding hydrogens is 199 g/mol. The van der Waals surface area contributed by atoms with Crippen molar-refractivity contribution in [3.63, 3.8) is 0 Å². The van der Waals surface area contributed by atoms with E-state index in [1.807, 2.05) is 13.0 Å². The molecule has 0 fully saturated rings. The smallest absolute Gasteiger partial charge is 0.123 e. The molecule has 0 aliphatic carbocycles. The standard InChI is InChI=1S/C15H15F/c1-10-4-5-13(8-11(10)2)15-7-6-14(16)9-12(15)3/h4-9H,1-3H3. The van der Waals surface area contributed by atoms with E-state index in [4.69, 9.17) is 0 Å². The van der Waals surface area contributed by atoms with Crippen molar-refractivity contribution in [1.29, 1.82) is 0 Å². The molecule has 0 saturated carbocycles. The van der Waals surface area contributed by atoms with Crippen LogP contribution in [0.4, 0.5) is 4.39 Å². The van der Waals surface area contributed by atoms with E-state index in [0.717, 1.165) is 16.7 Å². The molecule has 2 rings (SSSR count). The molecule has 82 valence electrons. The number of hydrogen-bond donors (Lipinski definition) is 0. The van der Waals surface area contributed by atoms with E-state index in [0.29, 0.717) is 0 Å². The summed E-state index contributed by atoms with van der Waals surface area (Å²) in [7, 11) is 0. The van der Waals surface area contributed by atoms with Gasteiger partial charge in [0.2, 0.25) is 0 Å². The Kier molecular flexibility index (Phi) is 2.78. The Labute approximate surface area is 95.7 Å². The lowest BCUT2D eigenvalue weighted by Gasteiger charge is -2.08. The Balaban J connectivity index is 2.54. The number of benzene rings is 2. The van der Waals surface area contributed by atoms with Crippen LogP contribution in [0.25, 0.3) is 11.1 Å². The van der Waals surface area contributed by atoms with Gasteiger partial charge in [0, 0.05) is 0 Å². The van der Waals surface area contributed by atoms with Crippen molar-refractivity contribution in [1.82, 2.24) is 0 Å². The van der Waals surface area contributed by atoms with Gasteiger partial charge in [-0.1, -0.05) is 24.3 Å². The fraction of sp³-hybridized carbons (Fsp3) is 0.200. The first-order valence-electron chi connectivity index (χ1n) is 5.42. The van der Waals surface area contributed by atoms with Crippen molar-refractivity contribution in [2.75, 3.05) is 0 Å². The SMILES string of the molecule is Cc1ccc(-c2ccc(F)cc2C)cc1C. The van der Waals surface area contributed by atoms with Gasteiger partial charge in [0.25, 0.3) is 0 Å². The third kappa shape index (κ3) is 1.99.